The number of hydrogen-bond acceptors (Lipinski definition) is 4. The molecule has 2 rings (SSSR count). The lowest BCUT2D eigenvalue weighted by molar-refractivity contribution is -0.0441. The van der Waals surface area contributed by atoms with Crippen LogP contribution in [0.5, 0.6) is 5.75 Å². The van der Waals surface area contributed by atoms with Crippen LogP contribution in [-0.4, -0.2) is 26.4 Å². The van der Waals surface area contributed by atoms with E-state index < -0.39 is 6.29 Å². The summed E-state index contributed by atoms with van der Waals surface area (Å²) in [6.07, 6.45) is 0.113. The van der Waals surface area contributed by atoms with E-state index in [0.29, 0.717) is 17.9 Å². The van der Waals surface area contributed by atoms with Gasteiger partial charge in [0, 0.05) is 0 Å². The van der Waals surface area contributed by atoms with Crippen LogP contribution in [0, 0.1) is 6.92 Å². The molecule has 2 aromatic heterocycles. The van der Waals surface area contributed by atoms with E-state index in [-0.39, 0.29) is 0 Å². The van der Waals surface area contributed by atoms with Gasteiger partial charge in [-0.15, -0.1) is 0 Å². The Hall–Kier alpha value is -1.59. The summed E-state index contributed by atoms with van der Waals surface area (Å²) in [5.74, 6) is 0.438. The van der Waals surface area contributed by atoms with Gasteiger partial charge in [0.1, 0.15) is 5.75 Å². The van der Waals surface area contributed by atoms with Crippen LogP contribution in [0.25, 0.3) is 5.52 Å². The van der Waals surface area contributed by atoms with Gasteiger partial charge in [0.25, 0.3) is 0 Å². The Bertz CT molecular complexity index is 505. The zero-order chi connectivity index (χ0) is 11.7. The number of aliphatic hydroxyl groups is 2. The van der Waals surface area contributed by atoms with Crippen LogP contribution in [0.15, 0.2) is 18.3 Å². The number of ether oxygens (including phenoxy) is 1. The largest absolute Gasteiger partial charge is 0.492 e. The number of rotatable bonds is 3. The van der Waals surface area contributed by atoms with Crippen LogP contribution in [0.3, 0.4) is 0 Å². The molecule has 0 fully saturated rings. The quantitative estimate of drug-likeness (QED) is 0.761. The van der Waals surface area contributed by atoms with Crippen LogP contribution in [-0.2, 0) is 0 Å². The number of aliphatic hydroxyl groups excluding tert-OH is 1. The smallest absolute Gasteiger partial charge is 0.182 e. The van der Waals surface area contributed by atoms with Crippen molar-refractivity contribution in [3.63, 3.8) is 0 Å². The van der Waals surface area contributed by atoms with Crippen molar-refractivity contribution < 1.29 is 14.9 Å². The summed E-state index contributed by atoms with van der Waals surface area (Å²) in [5, 5.41) is 22.7. The molecule has 0 radical (unpaired) electrons. The first-order chi connectivity index (χ1) is 7.61. The number of pyridine rings is 1. The molecule has 0 bridgehead atoms. The van der Waals surface area contributed by atoms with Gasteiger partial charge in [-0.05, 0) is 26.0 Å². The van der Waals surface area contributed by atoms with Crippen LogP contribution < -0.4 is 4.74 Å². The topological polar surface area (TPSA) is 67.0 Å². The van der Waals surface area contributed by atoms with Gasteiger partial charge in [-0.25, -0.2) is 4.52 Å². The number of hydrogen-bond donors (Lipinski definition) is 2. The van der Waals surface area contributed by atoms with Crippen molar-refractivity contribution in [2.24, 2.45) is 0 Å². The summed E-state index contributed by atoms with van der Waals surface area (Å²) in [4.78, 5) is 0. The van der Waals surface area contributed by atoms with E-state index in [0.717, 1.165) is 11.2 Å². The molecule has 0 aliphatic carbocycles. The van der Waals surface area contributed by atoms with Crippen LogP contribution >= 0.6 is 0 Å². The zero-order valence-electron chi connectivity index (χ0n) is 9.21. The molecule has 0 spiro atoms. The third kappa shape index (κ3) is 1.87. The molecule has 2 N–H and O–H groups in total. The fourth-order valence-electron chi connectivity index (χ4n) is 1.64. The fourth-order valence-corrected chi connectivity index (χ4v) is 1.64. The van der Waals surface area contributed by atoms with Gasteiger partial charge < -0.3 is 14.9 Å². The standard InChI is InChI=1S/C11H14N2O3/c1-3-16-10-6-13-8(4-7(2)12-13)5-9(10)11(14)15/h4-6,11,14-15H,3H2,1-2H3. The highest BCUT2D eigenvalue weighted by atomic mass is 16.5. The van der Waals surface area contributed by atoms with Crippen molar-refractivity contribution in [1.29, 1.82) is 0 Å². The fraction of sp³-hybridized carbons (Fsp3) is 0.364. The Kier molecular flexibility index (Phi) is 2.80. The average Bonchev–Trinajstić information content (AvgIpc) is 2.56. The van der Waals surface area contributed by atoms with Crippen molar-refractivity contribution >= 4 is 5.52 Å². The molecule has 0 unspecified atom stereocenters. The summed E-state index contributed by atoms with van der Waals surface area (Å²) < 4.78 is 6.99. The molecule has 2 aromatic rings. The van der Waals surface area contributed by atoms with E-state index >= 15 is 0 Å². The first kappa shape index (κ1) is 10.9. The molecule has 0 saturated carbocycles. The monoisotopic (exact) mass is 222 g/mol. The van der Waals surface area contributed by atoms with Crippen LogP contribution in [0.2, 0.25) is 0 Å². The summed E-state index contributed by atoms with van der Waals surface area (Å²) >= 11 is 0. The maximum atomic E-state index is 9.24. The normalized spacial score (nSPS) is 11.3. The second kappa shape index (κ2) is 4.11. The maximum Gasteiger partial charge on any atom is 0.182 e. The minimum absolute atomic E-state index is 0.356. The number of aromatic nitrogens is 2. The third-order valence-corrected chi connectivity index (χ3v) is 2.29. The van der Waals surface area contributed by atoms with E-state index in [1.54, 1.807) is 16.8 Å². The lowest BCUT2D eigenvalue weighted by Gasteiger charge is -2.11. The lowest BCUT2D eigenvalue weighted by Crippen LogP contribution is -2.04. The summed E-state index contributed by atoms with van der Waals surface area (Å²) in [7, 11) is 0. The summed E-state index contributed by atoms with van der Waals surface area (Å²) in [5.41, 5.74) is 2.03. The Morgan fingerprint density at radius 3 is 2.81 bits per heavy atom. The zero-order valence-corrected chi connectivity index (χ0v) is 9.21. The number of fused-ring (bicyclic) bond motifs is 1. The van der Waals surface area contributed by atoms with Crippen molar-refractivity contribution in [2.45, 2.75) is 20.1 Å². The molecule has 86 valence electrons. The van der Waals surface area contributed by atoms with Gasteiger partial charge >= 0.3 is 0 Å². The summed E-state index contributed by atoms with van der Waals surface area (Å²) in [6.45, 7) is 4.18. The van der Waals surface area contributed by atoms with E-state index in [1.807, 2.05) is 19.9 Å². The van der Waals surface area contributed by atoms with E-state index in [9.17, 15) is 10.2 Å². The number of aryl methyl sites for hydroxylation is 1. The molecule has 2 heterocycles. The predicted molar refractivity (Wildman–Crippen MR) is 58.3 cm³/mol. The van der Waals surface area contributed by atoms with E-state index in [4.69, 9.17) is 4.74 Å². The Labute approximate surface area is 92.9 Å². The Morgan fingerprint density at radius 2 is 2.19 bits per heavy atom. The van der Waals surface area contributed by atoms with Crippen molar-refractivity contribution in [2.75, 3.05) is 6.61 Å². The molecule has 0 saturated heterocycles. The summed E-state index contributed by atoms with van der Waals surface area (Å²) in [6, 6.07) is 3.53. The Morgan fingerprint density at radius 1 is 1.44 bits per heavy atom. The predicted octanol–water partition coefficient (Wildman–Crippen LogP) is 1.02. The first-order valence-electron chi connectivity index (χ1n) is 5.10. The highest BCUT2D eigenvalue weighted by molar-refractivity contribution is 5.53. The van der Waals surface area contributed by atoms with Gasteiger partial charge in [-0.2, -0.15) is 5.10 Å². The molecule has 16 heavy (non-hydrogen) atoms. The molecule has 0 aromatic carbocycles. The SMILES string of the molecule is CCOc1cn2nc(C)cc2cc1C(O)O. The highest BCUT2D eigenvalue weighted by Gasteiger charge is 2.13. The van der Waals surface area contributed by atoms with E-state index in [2.05, 4.69) is 5.10 Å². The molecule has 0 atom stereocenters. The van der Waals surface area contributed by atoms with Crippen molar-refractivity contribution in [3.8, 4) is 5.75 Å². The number of nitrogens with zero attached hydrogens (tertiary/aromatic N) is 2. The van der Waals surface area contributed by atoms with Gasteiger partial charge in [-0.1, -0.05) is 0 Å². The second-order valence-electron chi connectivity index (χ2n) is 3.55. The van der Waals surface area contributed by atoms with Crippen LogP contribution in [0.4, 0.5) is 0 Å². The molecule has 5 nitrogen and oxygen atoms in total. The van der Waals surface area contributed by atoms with Gasteiger partial charge in [0.15, 0.2) is 6.29 Å². The van der Waals surface area contributed by atoms with Crippen LogP contribution in [0.1, 0.15) is 24.5 Å². The molecule has 0 aliphatic rings. The van der Waals surface area contributed by atoms with Crippen molar-refractivity contribution in [1.82, 2.24) is 9.61 Å². The molecular formula is C11H14N2O3. The Balaban J connectivity index is 2.60. The lowest BCUT2D eigenvalue weighted by atomic mass is 10.2. The first-order valence-corrected chi connectivity index (χ1v) is 5.10. The third-order valence-electron chi connectivity index (χ3n) is 2.29. The maximum absolute atomic E-state index is 9.24. The minimum atomic E-state index is -1.54. The van der Waals surface area contributed by atoms with E-state index in [1.165, 1.54) is 0 Å². The molecule has 0 aliphatic heterocycles. The van der Waals surface area contributed by atoms with Gasteiger partial charge in [0.05, 0.1) is 29.6 Å². The molecule has 0 amide bonds. The molecule has 5 heteroatoms. The van der Waals surface area contributed by atoms with Gasteiger partial charge in [-0.3, -0.25) is 0 Å². The average molecular weight is 222 g/mol. The molecular weight excluding hydrogens is 208 g/mol. The van der Waals surface area contributed by atoms with Crippen molar-refractivity contribution in [3.05, 3.63) is 29.6 Å². The second-order valence-corrected chi connectivity index (χ2v) is 3.55. The van der Waals surface area contributed by atoms with Gasteiger partial charge in [0.2, 0.25) is 0 Å². The highest BCUT2D eigenvalue weighted by Crippen LogP contribution is 2.25. The minimum Gasteiger partial charge on any atom is -0.492 e.